The van der Waals surface area contributed by atoms with Gasteiger partial charge in [-0.25, -0.2) is 0 Å². The SMILES string of the molecule is COc1cc(C(C)=O)ccc1OCC(=O)Nc1cc([N+](=O)[O-])ccc1C. The van der Waals surface area contributed by atoms with Gasteiger partial charge in [-0.2, -0.15) is 0 Å². The molecule has 26 heavy (non-hydrogen) atoms. The summed E-state index contributed by atoms with van der Waals surface area (Å²) >= 11 is 0. The first-order valence-electron chi connectivity index (χ1n) is 7.68. The van der Waals surface area contributed by atoms with Gasteiger partial charge in [-0.15, -0.1) is 0 Å². The second-order valence-corrected chi connectivity index (χ2v) is 5.52. The number of nitro groups is 1. The van der Waals surface area contributed by atoms with Gasteiger partial charge in [0.05, 0.1) is 17.7 Å². The summed E-state index contributed by atoms with van der Waals surface area (Å²) in [6, 6.07) is 8.85. The van der Waals surface area contributed by atoms with Gasteiger partial charge >= 0.3 is 0 Å². The van der Waals surface area contributed by atoms with Crippen molar-refractivity contribution in [1.29, 1.82) is 0 Å². The molecule has 0 aliphatic rings. The van der Waals surface area contributed by atoms with Crippen LogP contribution in [0.4, 0.5) is 11.4 Å². The average molecular weight is 358 g/mol. The Balaban J connectivity index is 2.07. The standard InChI is InChI=1S/C18H18N2O6/c1-11-4-6-14(20(23)24)9-15(11)19-18(22)10-26-16-7-5-13(12(2)21)8-17(16)25-3/h4-9H,10H2,1-3H3,(H,19,22). The highest BCUT2D eigenvalue weighted by atomic mass is 16.6. The van der Waals surface area contributed by atoms with Gasteiger partial charge in [0.2, 0.25) is 0 Å². The molecule has 0 saturated carbocycles. The van der Waals surface area contributed by atoms with Crippen molar-refractivity contribution < 1.29 is 24.0 Å². The molecule has 0 unspecified atom stereocenters. The number of non-ortho nitro benzene ring substituents is 1. The van der Waals surface area contributed by atoms with Crippen LogP contribution in [0.1, 0.15) is 22.8 Å². The number of Topliss-reactive ketones (excluding diaryl/α,β-unsaturated/α-hetero) is 1. The van der Waals surface area contributed by atoms with Crippen LogP contribution >= 0.6 is 0 Å². The van der Waals surface area contributed by atoms with Crippen LogP contribution in [0.2, 0.25) is 0 Å². The van der Waals surface area contributed by atoms with Crippen molar-refractivity contribution in [2.24, 2.45) is 0 Å². The van der Waals surface area contributed by atoms with E-state index in [0.717, 1.165) is 0 Å². The number of hydrogen-bond acceptors (Lipinski definition) is 6. The first-order chi connectivity index (χ1) is 12.3. The molecule has 1 amide bonds. The normalized spacial score (nSPS) is 10.1. The van der Waals surface area contributed by atoms with Crippen LogP contribution in [0.5, 0.6) is 11.5 Å². The molecule has 8 heteroatoms. The summed E-state index contributed by atoms with van der Waals surface area (Å²) in [5.41, 5.74) is 1.37. The van der Waals surface area contributed by atoms with Crippen LogP contribution in [0.3, 0.4) is 0 Å². The van der Waals surface area contributed by atoms with Crippen molar-refractivity contribution in [3.63, 3.8) is 0 Å². The number of hydrogen-bond donors (Lipinski definition) is 1. The monoisotopic (exact) mass is 358 g/mol. The summed E-state index contributed by atoms with van der Waals surface area (Å²) in [6.45, 7) is 2.84. The zero-order chi connectivity index (χ0) is 19.3. The maximum Gasteiger partial charge on any atom is 0.271 e. The van der Waals surface area contributed by atoms with Crippen molar-refractivity contribution >= 4 is 23.1 Å². The highest BCUT2D eigenvalue weighted by molar-refractivity contribution is 5.95. The van der Waals surface area contributed by atoms with E-state index in [1.54, 1.807) is 25.1 Å². The lowest BCUT2D eigenvalue weighted by molar-refractivity contribution is -0.384. The van der Waals surface area contributed by atoms with E-state index in [2.05, 4.69) is 5.32 Å². The van der Waals surface area contributed by atoms with Crippen LogP contribution < -0.4 is 14.8 Å². The summed E-state index contributed by atoms with van der Waals surface area (Å²) in [7, 11) is 1.43. The molecular weight excluding hydrogens is 340 g/mol. The van der Waals surface area contributed by atoms with Crippen molar-refractivity contribution in [2.75, 3.05) is 19.0 Å². The summed E-state index contributed by atoms with van der Waals surface area (Å²) in [5, 5.41) is 13.4. The minimum atomic E-state index is -0.535. The quantitative estimate of drug-likeness (QED) is 0.463. The average Bonchev–Trinajstić information content (AvgIpc) is 2.61. The Hall–Kier alpha value is -3.42. The van der Waals surface area contributed by atoms with E-state index in [0.29, 0.717) is 28.3 Å². The lowest BCUT2D eigenvalue weighted by Crippen LogP contribution is -2.21. The number of ketones is 1. The molecule has 0 atom stereocenters. The first-order valence-corrected chi connectivity index (χ1v) is 7.68. The number of amides is 1. The van der Waals surface area contributed by atoms with Crippen LogP contribution in [-0.2, 0) is 4.79 Å². The molecule has 8 nitrogen and oxygen atoms in total. The Morgan fingerprint density at radius 3 is 2.50 bits per heavy atom. The van der Waals surface area contributed by atoms with Crippen LogP contribution in [0.15, 0.2) is 36.4 Å². The number of nitrogens with one attached hydrogen (secondary N) is 1. The Kier molecular flexibility index (Phi) is 5.90. The van der Waals surface area contributed by atoms with Gasteiger partial charge in [0.15, 0.2) is 23.9 Å². The second-order valence-electron chi connectivity index (χ2n) is 5.52. The fraction of sp³-hybridized carbons (Fsp3) is 0.222. The third kappa shape index (κ3) is 4.56. The fourth-order valence-electron chi connectivity index (χ4n) is 2.19. The van der Waals surface area contributed by atoms with Gasteiger partial charge in [-0.1, -0.05) is 6.07 Å². The van der Waals surface area contributed by atoms with Gasteiger partial charge in [0.1, 0.15) is 0 Å². The smallest absolute Gasteiger partial charge is 0.271 e. The number of anilines is 1. The third-order valence-corrected chi connectivity index (χ3v) is 3.63. The van der Waals surface area contributed by atoms with E-state index in [9.17, 15) is 19.7 Å². The van der Waals surface area contributed by atoms with E-state index in [1.807, 2.05) is 0 Å². The molecule has 2 rings (SSSR count). The zero-order valence-electron chi connectivity index (χ0n) is 14.6. The van der Waals surface area contributed by atoms with E-state index < -0.39 is 10.8 Å². The molecule has 0 heterocycles. The molecule has 0 bridgehead atoms. The number of rotatable bonds is 7. The predicted molar refractivity (Wildman–Crippen MR) is 95.0 cm³/mol. The molecule has 0 fully saturated rings. The van der Waals surface area contributed by atoms with Gasteiger partial charge in [-0.05, 0) is 37.6 Å². The highest BCUT2D eigenvalue weighted by Crippen LogP contribution is 2.28. The van der Waals surface area contributed by atoms with Gasteiger partial charge in [0.25, 0.3) is 11.6 Å². The van der Waals surface area contributed by atoms with Gasteiger partial charge < -0.3 is 14.8 Å². The van der Waals surface area contributed by atoms with E-state index in [-0.39, 0.29) is 18.1 Å². The summed E-state index contributed by atoms with van der Waals surface area (Å²) in [4.78, 5) is 33.8. The second kappa shape index (κ2) is 8.11. The van der Waals surface area contributed by atoms with Crippen molar-refractivity contribution in [3.05, 3.63) is 57.6 Å². The largest absolute Gasteiger partial charge is 0.493 e. The van der Waals surface area contributed by atoms with Crippen LogP contribution in [-0.4, -0.2) is 30.3 Å². The Morgan fingerprint density at radius 2 is 1.88 bits per heavy atom. The first kappa shape index (κ1) is 18.9. The molecule has 0 aliphatic carbocycles. The van der Waals surface area contributed by atoms with Gasteiger partial charge in [-0.3, -0.25) is 19.7 Å². The minimum absolute atomic E-state index is 0.117. The lowest BCUT2D eigenvalue weighted by Gasteiger charge is -2.12. The summed E-state index contributed by atoms with van der Waals surface area (Å²) in [5.74, 6) is 0.0421. The number of carbonyl (C=O) groups is 2. The molecule has 2 aromatic rings. The van der Waals surface area contributed by atoms with Crippen LogP contribution in [0.25, 0.3) is 0 Å². The molecule has 0 aliphatic heterocycles. The van der Waals surface area contributed by atoms with Crippen molar-refractivity contribution in [1.82, 2.24) is 0 Å². The van der Waals surface area contributed by atoms with E-state index in [4.69, 9.17) is 9.47 Å². The summed E-state index contributed by atoms with van der Waals surface area (Å²) in [6.07, 6.45) is 0. The molecular formula is C18H18N2O6. The molecule has 0 spiro atoms. The third-order valence-electron chi connectivity index (χ3n) is 3.63. The van der Waals surface area contributed by atoms with Crippen LogP contribution in [0, 0.1) is 17.0 Å². The maximum absolute atomic E-state index is 12.1. The number of aryl methyl sites for hydroxylation is 1. The Labute approximate surface area is 149 Å². The number of carbonyl (C=O) groups excluding carboxylic acids is 2. The summed E-state index contributed by atoms with van der Waals surface area (Å²) < 4.78 is 10.6. The number of nitro benzene ring substituents is 1. The molecule has 0 saturated heterocycles. The predicted octanol–water partition coefficient (Wildman–Crippen LogP) is 3.13. The van der Waals surface area contributed by atoms with E-state index >= 15 is 0 Å². The molecule has 136 valence electrons. The van der Waals surface area contributed by atoms with Crippen molar-refractivity contribution in [2.45, 2.75) is 13.8 Å². The zero-order valence-corrected chi connectivity index (χ0v) is 14.6. The Morgan fingerprint density at radius 1 is 1.15 bits per heavy atom. The molecule has 0 radical (unpaired) electrons. The Bertz CT molecular complexity index is 863. The number of methoxy groups -OCH3 is 1. The number of ether oxygens (including phenoxy) is 2. The fourth-order valence-corrected chi connectivity index (χ4v) is 2.19. The van der Waals surface area contributed by atoms with E-state index in [1.165, 1.54) is 32.2 Å². The topological polar surface area (TPSA) is 108 Å². The molecule has 1 N–H and O–H groups in total. The number of benzene rings is 2. The number of nitrogens with zero attached hydrogens (tertiary/aromatic N) is 1. The molecule has 0 aromatic heterocycles. The lowest BCUT2D eigenvalue weighted by atomic mass is 10.1. The maximum atomic E-state index is 12.1. The van der Waals surface area contributed by atoms with Crippen molar-refractivity contribution in [3.8, 4) is 11.5 Å². The van der Waals surface area contributed by atoms with Gasteiger partial charge in [0, 0.05) is 17.7 Å². The highest BCUT2D eigenvalue weighted by Gasteiger charge is 2.13. The minimum Gasteiger partial charge on any atom is -0.493 e. The molecule has 2 aromatic carbocycles.